The van der Waals surface area contributed by atoms with Crippen molar-refractivity contribution in [2.45, 2.75) is 309 Å². The van der Waals surface area contributed by atoms with Crippen molar-refractivity contribution in [1.82, 2.24) is 5.32 Å². The smallest absolute Gasteiger partial charge is 0.268 e. The van der Waals surface area contributed by atoms with E-state index in [1.165, 1.54) is 205 Å². The molecule has 0 heterocycles. The second-order valence-electron chi connectivity index (χ2n) is 23.1. The molecule has 3 atom stereocenters. The summed E-state index contributed by atoms with van der Waals surface area (Å²) < 4.78 is 23.4. The van der Waals surface area contributed by atoms with Gasteiger partial charge >= 0.3 is 0 Å². The van der Waals surface area contributed by atoms with Crippen LogP contribution in [0.4, 0.5) is 0 Å². The molecule has 0 aromatic rings. The highest BCUT2D eigenvalue weighted by Gasteiger charge is 2.23. The van der Waals surface area contributed by atoms with Gasteiger partial charge in [0.25, 0.3) is 7.82 Å². The molecular formula is C67H125N2O6P. The lowest BCUT2D eigenvalue weighted by Crippen LogP contribution is -2.45. The molecule has 444 valence electrons. The van der Waals surface area contributed by atoms with Crippen molar-refractivity contribution in [3.05, 3.63) is 72.9 Å². The Bertz CT molecular complexity index is 1470. The maximum atomic E-state index is 13.0. The zero-order valence-corrected chi connectivity index (χ0v) is 51.6. The molecule has 0 bridgehead atoms. The van der Waals surface area contributed by atoms with E-state index in [1.54, 1.807) is 6.08 Å². The van der Waals surface area contributed by atoms with Gasteiger partial charge in [0.2, 0.25) is 5.91 Å². The number of likely N-dealkylation sites (N-methyl/N-ethyl adjacent to an activating group) is 1. The van der Waals surface area contributed by atoms with E-state index >= 15 is 0 Å². The van der Waals surface area contributed by atoms with Crippen LogP contribution < -0.4 is 10.2 Å². The van der Waals surface area contributed by atoms with Gasteiger partial charge in [-0.2, -0.15) is 0 Å². The summed E-state index contributed by atoms with van der Waals surface area (Å²) in [4.78, 5) is 25.6. The molecular weight excluding hydrogens is 960 g/mol. The minimum atomic E-state index is -4.60. The third-order valence-corrected chi connectivity index (χ3v) is 15.4. The number of phosphoric acid groups is 1. The average Bonchev–Trinajstić information content (AvgIpc) is 3.38. The Kier molecular flexibility index (Phi) is 56.1. The molecule has 1 amide bonds. The van der Waals surface area contributed by atoms with Gasteiger partial charge in [0, 0.05) is 6.42 Å². The molecule has 0 aromatic heterocycles. The Morgan fingerprint density at radius 2 is 0.803 bits per heavy atom. The number of phosphoric ester groups is 1. The largest absolute Gasteiger partial charge is 0.756 e. The zero-order chi connectivity index (χ0) is 55.6. The van der Waals surface area contributed by atoms with Crippen LogP contribution in [-0.2, 0) is 18.4 Å². The number of quaternary nitrogens is 1. The van der Waals surface area contributed by atoms with Crippen LogP contribution in [0.1, 0.15) is 296 Å². The summed E-state index contributed by atoms with van der Waals surface area (Å²) in [6.45, 7) is 4.57. The number of carbonyl (C=O) groups is 1. The van der Waals surface area contributed by atoms with E-state index in [9.17, 15) is 19.4 Å². The van der Waals surface area contributed by atoms with Crippen molar-refractivity contribution >= 4 is 13.7 Å². The van der Waals surface area contributed by atoms with Crippen LogP contribution in [0.15, 0.2) is 72.9 Å². The Morgan fingerprint density at radius 3 is 1.17 bits per heavy atom. The van der Waals surface area contributed by atoms with Gasteiger partial charge in [-0.3, -0.25) is 9.36 Å². The van der Waals surface area contributed by atoms with Crippen molar-refractivity contribution < 1.29 is 32.9 Å². The number of allylic oxidation sites excluding steroid dienone is 11. The fraction of sp³-hybridized carbons (Fsp3) is 0.806. The average molecular weight is 1090 g/mol. The van der Waals surface area contributed by atoms with E-state index < -0.39 is 20.0 Å². The van der Waals surface area contributed by atoms with Crippen LogP contribution in [0, 0.1) is 0 Å². The molecule has 0 rings (SSSR count). The van der Waals surface area contributed by atoms with E-state index in [-0.39, 0.29) is 19.1 Å². The highest BCUT2D eigenvalue weighted by Crippen LogP contribution is 2.38. The maximum Gasteiger partial charge on any atom is 0.268 e. The molecule has 0 saturated carbocycles. The minimum Gasteiger partial charge on any atom is -0.756 e. The minimum absolute atomic E-state index is 0.00150. The second kappa shape index (κ2) is 57.6. The lowest BCUT2D eigenvalue weighted by atomic mass is 10.0. The van der Waals surface area contributed by atoms with Gasteiger partial charge in [-0.1, -0.05) is 299 Å². The Balaban J connectivity index is 4.08. The molecule has 76 heavy (non-hydrogen) atoms. The van der Waals surface area contributed by atoms with Gasteiger partial charge in [-0.25, -0.2) is 0 Å². The summed E-state index contributed by atoms with van der Waals surface area (Å²) in [7, 11) is 1.27. The van der Waals surface area contributed by atoms with Crippen LogP contribution in [0.2, 0.25) is 0 Å². The normalized spacial score (nSPS) is 14.2. The molecule has 0 aromatic carbocycles. The fourth-order valence-electron chi connectivity index (χ4n) is 9.42. The lowest BCUT2D eigenvalue weighted by Gasteiger charge is -2.29. The van der Waals surface area contributed by atoms with Gasteiger partial charge in [0.1, 0.15) is 13.2 Å². The van der Waals surface area contributed by atoms with E-state index in [0.29, 0.717) is 17.4 Å². The zero-order valence-electron chi connectivity index (χ0n) is 50.7. The SMILES string of the molecule is CC/C=C\C/C=C\C/C=C\C/C=C\C/C=C\CCCCCCCCCCCCCCCCCCCC(=O)NC(COP(=O)([O-])OCC[N+](C)(C)C)C(O)/C=C/CCCCCCCCCCCCCCCCCCCCC. The molecule has 0 spiro atoms. The first-order valence-electron chi connectivity index (χ1n) is 32.3. The first kappa shape index (κ1) is 73.9. The monoisotopic (exact) mass is 1080 g/mol. The van der Waals surface area contributed by atoms with E-state index in [1.807, 2.05) is 27.2 Å². The third kappa shape index (κ3) is 59.6. The number of carbonyl (C=O) groups excluding carboxylic acids is 1. The van der Waals surface area contributed by atoms with Crippen LogP contribution in [0.3, 0.4) is 0 Å². The standard InChI is InChI=1S/C67H125N2O6P/c1-6-8-10-12-14-16-18-20-22-24-26-28-29-30-31-32-33-34-35-36-37-38-39-41-43-45-47-49-51-53-55-57-59-61-67(71)68-65(64-75-76(72,73)74-63-62-69(3,4)5)66(70)60-58-56-54-52-50-48-46-44-42-40-27-25-23-21-19-17-15-13-11-9-7-2/h8,10,14,16,20,22,26,28,30-31,58,60,65-66,70H,6-7,9,11-13,15,17-19,21,23-25,27,29,32-57,59,61-64H2,1-5H3,(H-,68,71,72,73)/b10-8-,16-14-,22-20-,28-26-,31-30-,60-58+. The number of nitrogens with one attached hydrogen (secondary N) is 1. The molecule has 0 aliphatic heterocycles. The molecule has 0 fully saturated rings. The summed E-state index contributed by atoms with van der Waals surface area (Å²) in [5.74, 6) is -0.195. The quantitative estimate of drug-likeness (QED) is 0.0272. The van der Waals surface area contributed by atoms with Crippen LogP contribution in [0.5, 0.6) is 0 Å². The van der Waals surface area contributed by atoms with Crippen molar-refractivity contribution in [1.29, 1.82) is 0 Å². The summed E-state index contributed by atoms with van der Waals surface area (Å²) in [5, 5.41) is 13.9. The summed E-state index contributed by atoms with van der Waals surface area (Å²) in [6, 6.07) is -0.889. The van der Waals surface area contributed by atoms with E-state index in [2.05, 4.69) is 79.9 Å². The molecule has 0 saturated heterocycles. The predicted octanol–water partition coefficient (Wildman–Crippen LogP) is 19.6. The van der Waals surface area contributed by atoms with Gasteiger partial charge in [-0.05, 0) is 64.2 Å². The highest BCUT2D eigenvalue weighted by atomic mass is 31.2. The number of unbranched alkanes of at least 4 members (excludes halogenated alkanes) is 36. The maximum absolute atomic E-state index is 13.0. The Morgan fingerprint density at radius 1 is 0.474 bits per heavy atom. The second-order valence-corrected chi connectivity index (χ2v) is 24.5. The number of hydrogen-bond donors (Lipinski definition) is 2. The third-order valence-electron chi connectivity index (χ3n) is 14.4. The number of amides is 1. The van der Waals surface area contributed by atoms with Gasteiger partial charge in [0.15, 0.2) is 0 Å². The molecule has 3 unspecified atom stereocenters. The highest BCUT2D eigenvalue weighted by molar-refractivity contribution is 7.45. The van der Waals surface area contributed by atoms with Crippen LogP contribution >= 0.6 is 7.82 Å². The summed E-state index contributed by atoms with van der Waals surface area (Å²) in [5.41, 5.74) is 0. The topological polar surface area (TPSA) is 108 Å². The van der Waals surface area contributed by atoms with Crippen molar-refractivity contribution in [3.63, 3.8) is 0 Å². The fourth-order valence-corrected chi connectivity index (χ4v) is 10.1. The Hall–Kier alpha value is -2.06. The van der Waals surface area contributed by atoms with Crippen molar-refractivity contribution in [2.24, 2.45) is 0 Å². The molecule has 9 heteroatoms. The molecule has 0 aliphatic rings. The number of nitrogens with zero attached hydrogens (tertiary/aromatic N) is 1. The van der Waals surface area contributed by atoms with Gasteiger partial charge < -0.3 is 28.8 Å². The summed E-state index contributed by atoms with van der Waals surface area (Å²) in [6.07, 6.45) is 80.0. The number of aliphatic hydroxyl groups is 1. The lowest BCUT2D eigenvalue weighted by molar-refractivity contribution is -0.870. The summed E-state index contributed by atoms with van der Waals surface area (Å²) >= 11 is 0. The van der Waals surface area contributed by atoms with Crippen molar-refractivity contribution in [2.75, 3.05) is 40.9 Å². The Labute approximate surface area is 472 Å². The number of hydrogen-bond acceptors (Lipinski definition) is 6. The number of aliphatic hydroxyl groups excluding tert-OH is 1. The van der Waals surface area contributed by atoms with Crippen LogP contribution in [0.25, 0.3) is 0 Å². The first-order valence-corrected chi connectivity index (χ1v) is 33.8. The van der Waals surface area contributed by atoms with Gasteiger partial charge in [-0.15, -0.1) is 0 Å². The van der Waals surface area contributed by atoms with E-state index in [0.717, 1.165) is 70.6 Å². The van der Waals surface area contributed by atoms with Crippen molar-refractivity contribution in [3.8, 4) is 0 Å². The van der Waals surface area contributed by atoms with Gasteiger partial charge in [0.05, 0.1) is 39.9 Å². The van der Waals surface area contributed by atoms with Crippen LogP contribution in [-0.4, -0.2) is 68.5 Å². The molecule has 0 radical (unpaired) electrons. The first-order chi connectivity index (χ1) is 37.0. The van der Waals surface area contributed by atoms with E-state index in [4.69, 9.17) is 9.05 Å². The molecule has 2 N–H and O–H groups in total. The predicted molar refractivity (Wildman–Crippen MR) is 330 cm³/mol. The molecule has 0 aliphatic carbocycles. The molecule has 8 nitrogen and oxygen atoms in total. The number of rotatable bonds is 59.